The van der Waals surface area contributed by atoms with Gasteiger partial charge in [-0.25, -0.2) is 8.42 Å². The van der Waals surface area contributed by atoms with Gasteiger partial charge in [-0.2, -0.15) is 14.7 Å². The Kier molecular flexibility index (Phi) is 6.36. The van der Waals surface area contributed by atoms with E-state index < -0.39 is 10.0 Å². The summed E-state index contributed by atoms with van der Waals surface area (Å²) < 4.78 is 28.4. The van der Waals surface area contributed by atoms with Crippen molar-refractivity contribution >= 4 is 21.6 Å². The molecule has 0 bridgehead atoms. The van der Waals surface area contributed by atoms with Gasteiger partial charge in [0.15, 0.2) is 0 Å². The molecule has 0 saturated carbocycles. The van der Waals surface area contributed by atoms with E-state index in [9.17, 15) is 13.2 Å². The van der Waals surface area contributed by atoms with E-state index in [1.807, 2.05) is 6.07 Å². The van der Waals surface area contributed by atoms with Gasteiger partial charge >= 0.3 is 0 Å². The molecule has 2 rings (SSSR count). The second-order valence-corrected chi connectivity index (χ2v) is 7.86. The summed E-state index contributed by atoms with van der Waals surface area (Å²) >= 11 is 0. The van der Waals surface area contributed by atoms with Crippen molar-refractivity contribution < 1.29 is 13.2 Å². The van der Waals surface area contributed by atoms with Crippen LogP contribution in [0.15, 0.2) is 29.2 Å². The third-order valence-corrected chi connectivity index (χ3v) is 6.49. The van der Waals surface area contributed by atoms with Gasteiger partial charge in [0.05, 0.1) is 23.0 Å². The predicted octanol–water partition coefficient (Wildman–Crippen LogP) is 2.04. The van der Waals surface area contributed by atoms with Gasteiger partial charge in [0.1, 0.15) is 11.4 Å². The van der Waals surface area contributed by atoms with Gasteiger partial charge in [0.2, 0.25) is 15.9 Å². The van der Waals surface area contributed by atoms with E-state index >= 15 is 0 Å². The highest BCUT2D eigenvalue weighted by Crippen LogP contribution is 2.23. The van der Waals surface area contributed by atoms with Gasteiger partial charge in [-0.15, -0.1) is 0 Å². The molecule has 2 aromatic rings. The fourth-order valence-corrected chi connectivity index (χ4v) is 4.73. The number of benzene rings is 1. The van der Waals surface area contributed by atoms with E-state index in [0.717, 1.165) is 0 Å². The zero-order valence-corrected chi connectivity index (χ0v) is 16.7. The highest BCUT2D eigenvalue weighted by atomic mass is 32.2. The fraction of sp³-hybridized carbons (Fsp3) is 0.389. The van der Waals surface area contributed by atoms with E-state index in [-0.39, 0.29) is 17.3 Å². The van der Waals surface area contributed by atoms with Crippen molar-refractivity contribution in [1.29, 1.82) is 5.26 Å². The van der Waals surface area contributed by atoms with Crippen molar-refractivity contribution in [3.05, 3.63) is 41.2 Å². The first-order valence-corrected chi connectivity index (χ1v) is 10.0. The number of hydrogen-bond acceptors (Lipinski definition) is 5. The lowest BCUT2D eigenvalue weighted by molar-refractivity contribution is -0.116. The lowest BCUT2D eigenvalue weighted by atomic mass is 10.2. The molecule has 1 amide bonds. The second kappa shape index (κ2) is 8.33. The van der Waals surface area contributed by atoms with Crippen LogP contribution in [0.25, 0.3) is 0 Å². The maximum Gasteiger partial charge on any atom is 0.246 e. The molecule has 27 heavy (non-hydrogen) atoms. The van der Waals surface area contributed by atoms with Gasteiger partial charge in [-0.05, 0) is 32.0 Å². The number of hydrogen-bond donors (Lipinski definition) is 1. The first kappa shape index (κ1) is 20.6. The highest BCUT2D eigenvalue weighted by Gasteiger charge is 2.29. The summed E-state index contributed by atoms with van der Waals surface area (Å²) in [5.41, 5.74) is 1.71. The molecular formula is C18H23N5O3S. The summed E-state index contributed by atoms with van der Waals surface area (Å²) in [6, 6.07) is 8.56. The van der Waals surface area contributed by atoms with Gasteiger partial charge in [0.25, 0.3) is 0 Å². The first-order valence-electron chi connectivity index (χ1n) is 8.58. The van der Waals surface area contributed by atoms with Gasteiger partial charge in [0, 0.05) is 18.8 Å². The molecule has 0 radical (unpaired) electrons. The van der Waals surface area contributed by atoms with Crippen molar-refractivity contribution in [3.63, 3.8) is 0 Å². The Balaban J connectivity index is 2.26. The fourth-order valence-electron chi connectivity index (χ4n) is 2.90. The number of aryl methyl sites for hydroxylation is 1. The number of amides is 1. The Morgan fingerprint density at radius 3 is 2.56 bits per heavy atom. The minimum absolute atomic E-state index is 0.128. The lowest BCUT2D eigenvalue weighted by Gasteiger charge is -2.18. The molecule has 1 N–H and O–H groups in total. The van der Waals surface area contributed by atoms with Crippen molar-refractivity contribution in [1.82, 2.24) is 14.1 Å². The molecule has 1 heterocycles. The number of nitriles is 1. The zero-order valence-electron chi connectivity index (χ0n) is 15.9. The van der Waals surface area contributed by atoms with E-state index in [4.69, 9.17) is 5.26 Å². The molecule has 0 aliphatic heterocycles. The van der Waals surface area contributed by atoms with Gasteiger partial charge < -0.3 is 5.32 Å². The third kappa shape index (κ3) is 4.35. The molecule has 0 atom stereocenters. The molecule has 144 valence electrons. The maximum absolute atomic E-state index is 12.8. The van der Waals surface area contributed by atoms with Crippen LogP contribution in [-0.4, -0.2) is 41.5 Å². The molecule has 0 aliphatic rings. The largest absolute Gasteiger partial charge is 0.324 e. The van der Waals surface area contributed by atoms with Crippen LogP contribution in [-0.2, 0) is 21.4 Å². The quantitative estimate of drug-likeness (QED) is 0.779. The summed E-state index contributed by atoms with van der Waals surface area (Å²) in [5.74, 6) is -0.359. The lowest BCUT2D eigenvalue weighted by Crippen LogP contribution is -2.31. The van der Waals surface area contributed by atoms with Crippen molar-refractivity contribution in [2.75, 3.05) is 18.4 Å². The van der Waals surface area contributed by atoms with Crippen LogP contribution in [0.4, 0.5) is 5.69 Å². The molecular weight excluding hydrogens is 366 g/mol. The second-order valence-electron chi connectivity index (χ2n) is 5.99. The number of anilines is 1. The summed E-state index contributed by atoms with van der Waals surface area (Å²) in [6.07, 6.45) is 0. The molecule has 0 spiro atoms. The van der Waals surface area contributed by atoms with Crippen LogP contribution in [0.2, 0.25) is 0 Å². The van der Waals surface area contributed by atoms with E-state index in [0.29, 0.717) is 35.7 Å². The van der Waals surface area contributed by atoms with Crippen molar-refractivity contribution in [2.45, 2.75) is 39.1 Å². The number of sulfonamides is 1. The predicted molar refractivity (Wildman–Crippen MR) is 102 cm³/mol. The topological polar surface area (TPSA) is 108 Å². The Hall–Kier alpha value is -2.70. The molecule has 1 aromatic carbocycles. The summed E-state index contributed by atoms with van der Waals surface area (Å²) in [6.45, 7) is 7.40. The number of nitrogens with one attached hydrogen (secondary N) is 1. The van der Waals surface area contributed by atoms with Crippen LogP contribution in [0.1, 0.15) is 30.8 Å². The van der Waals surface area contributed by atoms with Gasteiger partial charge in [-0.1, -0.05) is 19.9 Å². The smallest absolute Gasteiger partial charge is 0.246 e. The van der Waals surface area contributed by atoms with E-state index in [1.165, 1.54) is 8.99 Å². The summed E-state index contributed by atoms with van der Waals surface area (Å²) in [7, 11) is -3.66. The summed E-state index contributed by atoms with van der Waals surface area (Å²) in [4.78, 5) is 12.5. The molecule has 0 aliphatic carbocycles. The van der Waals surface area contributed by atoms with E-state index in [2.05, 4.69) is 10.4 Å². The monoisotopic (exact) mass is 389 g/mol. The number of nitrogens with zero attached hydrogens (tertiary/aromatic N) is 4. The van der Waals surface area contributed by atoms with Crippen molar-refractivity contribution in [2.24, 2.45) is 0 Å². The summed E-state index contributed by atoms with van der Waals surface area (Å²) in [5, 5.41) is 15.9. The average molecular weight is 389 g/mol. The number of rotatable bonds is 7. The Morgan fingerprint density at radius 2 is 1.96 bits per heavy atom. The van der Waals surface area contributed by atoms with Crippen LogP contribution >= 0.6 is 0 Å². The Morgan fingerprint density at radius 1 is 1.30 bits per heavy atom. The van der Waals surface area contributed by atoms with Crippen LogP contribution in [0.3, 0.4) is 0 Å². The maximum atomic E-state index is 12.8. The molecule has 8 nitrogen and oxygen atoms in total. The minimum Gasteiger partial charge on any atom is -0.324 e. The normalized spacial score (nSPS) is 11.4. The third-order valence-electron chi connectivity index (χ3n) is 4.19. The molecule has 0 saturated heterocycles. The molecule has 0 unspecified atom stereocenters. The molecule has 9 heteroatoms. The standard InChI is InChI=1S/C18H23N5O3S/c1-5-22(6-2)27(25,26)18-13(3)21-23(14(18)4)12-17(24)20-16-9-7-8-15(10-16)11-19/h7-10H,5-6,12H2,1-4H3,(H,20,24). The number of carbonyl (C=O) groups excluding carboxylic acids is 1. The Bertz CT molecular complexity index is 985. The highest BCUT2D eigenvalue weighted by molar-refractivity contribution is 7.89. The SMILES string of the molecule is CCN(CC)S(=O)(=O)c1c(C)nn(CC(=O)Nc2cccc(C#N)c2)c1C. The molecule has 0 fully saturated rings. The Labute approximate surface area is 159 Å². The zero-order chi connectivity index (χ0) is 20.2. The number of carbonyl (C=O) groups is 1. The molecule has 1 aromatic heterocycles. The van der Waals surface area contributed by atoms with Gasteiger partial charge in [-0.3, -0.25) is 9.48 Å². The number of aromatic nitrogens is 2. The first-order chi connectivity index (χ1) is 12.7. The van der Waals surface area contributed by atoms with Crippen LogP contribution < -0.4 is 5.32 Å². The minimum atomic E-state index is -3.66. The van der Waals surface area contributed by atoms with E-state index in [1.54, 1.807) is 52.0 Å². The van der Waals surface area contributed by atoms with Crippen molar-refractivity contribution in [3.8, 4) is 6.07 Å². The average Bonchev–Trinajstić information content (AvgIpc) is 2.89. The van der Waals surface area contributed by atoms with Crippen LogP contribution in [0.5, 0.6) is 0 Å². The van der Waals surface area contributed by atoms with Crippen LogP contribution in [0, 0.1) is 25.2 Å².